The second kappa shape index (κ2) is 6.07. The summed E-state index contributed by atoms with van der Waals surface area (Å²) in [5.41, 5.74) is 0. The van der Waals surface area contributed by atoms with Crippen LogP contribution in [0.2, 0.25) is 6.04 Å². The van der Waals surface area contributed by atoms with Crippen molar-refractivity contribution in [1.82, 2.24) is 4.90 Å². The van der Waals surface area contributed by atoms with Gasteiger partial charge in [-0.1, -0.05) is 6.92 Å². The lowest BCUT2D eigenvalue weighted by Crippen LogP contribution is -2.36. The van der Waals surface area contributed by atoms with Crippen LogP contribution in [0.5, 0.6) is 0 Å². The van der Waals surface area contributed by atoms with Gasteiger partial charge >= 0.3 is 16.4 Å². The van der Waals surface area contributed by atoms with Gasteiger partial charge < -0.3 is 24.2 Å². The molecule has 15 heavy (non-hydrogen) atoms. The quantitative estimate of drug-likeness (QED) is 0.286. The molecule has 5 N–H and O–H groups in total. The highest BCUT2D eigenvalue weighted by atomic mass is 31.2. The molecule has 0 atom stereocenters. The second-order valence-corrected chi connectivity index (χ2v) is 7.06. The van der Waals surface area contributed by atoms with E-state index < -0.39 is 16.4 Å². The van der Waals surface area contributed by atoms with Crippen LogP contribution in [0.25, 0.3) is 0 Å². The van der Waals surface area contributed by atoms with Crippen LogP contribution in [0, 0.1) is 0 Å². The molecule has 92 valence electrons. The lowest BCUT2D eigenvalue weighted by molar-refractivity contribution is 0.221. The zero-order valence-corrected chi connectivity index (χ0v) is 10.5. The van der Waals surface area contributed by atoms with Crippen molar-refractivity contribution in [2.75, 3.05) is 19.4 Å². The van der Waals surface area contributed by atoms with Crippen LogP contribution in [0.15, 0.2) is 0 Å². The molecule has 0 aromatic carbocycles. The first-order valence-electron chi connectivity index (χ1n) is 4.58. The summed E-state index contributed by atoms with van der Waals surface area (Å²) in [7, 11) is -8.09. The van der Waals surface area contributed by atoms with Crippen molar-refractivity contribution >= 4 is 16.4 Å². The Morgan fingerprint density at radius 1 is 1.27 bits per heavy atom. The van der Waals surface area contributed by atoms with Gasteiger partial charge in [-0.3, -0.25) is 9.46 Å². The van der Waals surface area contributed by atoms with E-state index in [1.54, 1.807) is 6.92 Å². The van der Waals surface area contributed by atoms with Crippen LogP contribution < -0.4 is 0 Å². The zero-order valence-electron chi connectivity index (χ0n) is 8.57. The van der Waals surface area contributed by atoms with Crippen LogP contribution in [0.1, 0.15) is 13.3 Å². The summed E-state index contributed by atoms with van der Waals surface area (Å²) in [5, 5.41) is 0. The first-order chi connectivity index (χ1) is 6.64. The third-order valence-corrected chi connectivity index (χ3v) is 3.61. The van der Waals surface area contributed by atoms with Crippen molar-refractivity contribution in [3.05, 3.63) is 0 Å². The zero-order chi connectivity index (χ0) is 12.1. The molecule has 0 spiro atoms. The van der Waals surface area contributed by atoms with Crippen LogP contribution in [0.3, 0.4) is 0 Å². The lowest BCUT2D eigenvalue weighted by atomic mass is 10.4. The second-order valence-electron chi connectivity index (χ2n) is 3.39. The molecule has 0 amide bonds. The lowest BCUT2D eigenvalue weighted by Gasteiger charge is -2.21. The SMILES string of the molecule is CCN(CCC[Si](O)(O)O)CP(=O)(O)O. The average molecular weight is 259 g/mol. The summed E-state index contributed by atoms with van der Waals surface area (Å²) < 4.78 is 10.7. The molecule has 0 fully saturated rings. The van der Waals surface area contributed by atoms with E-state index in [2.05, 4.69) is 0 Å². The number of hydrogen-bond acceptors (Lipinski definition) is 5. The van der Waals surface area contributed by atoms with Gasteiger partial charge in [0.2, 0.25) is 0 Å². The topological polar surface area (TPSA) is 121 Å². The van der Waals surface area contributed by atoms with E-state index in [1.807, 2.05) is 0 Å². The minimum atomic E-state index is -4.07. The molecule has 0 heterocycles. The molecule has 0 saturated heterocycles. The largest absolute Gasteiger partial charge is 0.492 e. The van der Waals surface area contributed by atoms with Crippen molar-refractivity contribution in [2.24, 2.45) is 0 Å². The Morgan fingerprint density at radius 2 is 1.80 bits per heavy atom. The standard InChI is InChI=1S/C6H18NO6PSi/c1-2-7(6-14(8,9)10)4-3-5-15(11,12)13/h11-13H,2-6H2,1H3,(H2,8,9,10). The fraction of sp³-hybridized carbons (Fsp3) is 1.00. The highest BCUT2D eigenvalue weighted by Gasteiger charge is 2.26. The molecule has 7 nitrogen and oxygen atoms in total. The van der Waals surface area contributed by atoms with E-state index in [4.69, 9.17) is 24.2 Å². The van der Waals surface area contributed by atoms with Crippen molar-refractivity contribution in [2.45, 2.75) is 19.4 Å². The van der Waals surface area contributed by atoms with Gasteiger partial charge in [0.1, 0.15) is 6.29 Å². The molecular weight excluding hydrogens is 241 g/mol. The van der Waals surface area contributed by atoms with Crippen molar-refractivity contribution < 1.29 is 28.7 Å². The van der Waals surface area contributed by atoms with Gasteiger partial charge in [-0.2, -0.15) is 0 Å². The molecule has 0 rings (SSSR count). The molecule has 0 radical (unpaired) electrons. The number of rotatable bonds is 7. The van der Waals surface area contributed by atoms with Gasteiger partial charge in [0, 0.05) is 6.04 Å². The Hall–Kier alpha value is 0.207. The molecule has 0 aromatic heterocycles. The van der Waals surface area contributed by atoms with Crippen molar-refractivity contribution in [1.29, 1.82) is 0 Å². The predicted molar refractivity (Wildman–Crippen MR) is 56.0 cm³/mol. The highest BCUT2D eigenvalue weighted by molar-refractivity contribution is 7.51. The van der Waals surface area contributed by atoms with Crippen LogP contribution >= 0.6 is 7.60 Å². The van der Waals surface area contributed by atoms with Crippen molar-refractivity contribution in [3.63, 3.8) is 0 Å². The molecule has 9 heteroatoms. The van der Waals surface area contributed by atoms with E-state index in [0.717, 1.165) is 0 Å². The van der Waals surface area contributed by atoms with Gasteiger partial charge in [0.05, 0.1) is 0 Å². The van der Waals surface area contributed by atoms with E-state index in [1.165, 1.54) is 4.90 Å². The van der Waals surface area contributed by atoms with E-state index >= 15 is 0 Å². The minimum absolute atomic E-state index is 0.120. The Labute approximate surface area is 89.5 Å². The van der Waals surface area contributed by atoms with E-state index in [0.29, 0.717) is 19.5 Å². The maximum atomic E-state index is 10.7. The monoisotopic (exact) mass is 259 g/mol. The maximum Gasteiger partial charge on any atom is 0.492 e. The van der Waals surface area contributed by atoms with Crippen molar-refractivity contribution in [3.8, 4) is 0 Å². The Balaban J connectivity index is 3.87. The van der Waals surface area contributed by atoms with E-state index in [9.17, 15) is 4.57 Å². The van der Waals surface area contributed by atoms with Gasteiger partial charge in [-0.25, -0.2) is 0 Å². The maximum absolute atomic E-state index is 10.7. The molecule has 0 aliphatic carbocycles. The van der Waals surface area contributed by atoms with Crippen LogP contribution in [0.4, 0.5) is 0 Å². The molecule has 0 aliphatic rings. The fourth-order valence-electron chi connectivity index (χ4n) is 1.13. The molecule has 0 unspecified atom stereocenters. The summed E-state index contributed by atoms with van der Waals surface area (Å²) in [4.78, 5) is 45.1. The minimum Gasteiger partial charge on any atom is -0.390 e. The molecule has 0 saturated carbocycles. The Bertz CT molecular complexity index is 226. The highest BCUT2D eigenvalue weighted by Crippen LogP contribution is 2.34. The summed E-state index contributed by atoms with van der Waals surface area (Å²) in [6.07, 6.45) is -0.0517. The molecule has 0 aromatic rings. The average Bonchev–Trinajstić information content (AvgIpc) is 1.97. The Kier molecular flexibility index (Phi) is 6.15. The first kappa shape index (κ1) is 15.2. The smallest absolute Gasteiger partial charge is 0.390 e. The summed E-state index contributed by atoms with van der Waals surface area (Å²) in [6.45, 7) is 2.52. The molecule has 0 bridgehead atoms. The predicted octanol–water partition coefficient (Wildman–Crippen LogP) is -1.25. The first-order valence-corrected chi connectivity index (χ1v) is 8.43. The fourth-order valence-corrected chi connectivity index (χ4v) is 2.62. The molecule has 0 aliphatic heterocycles. The molecular formula is C6H18NO6PSi. The van der Waals surface area contributed by atoms with Crippen LogP contribution in [-0.2, 0) is 4.57 Å². The van der Waals surface area contributed by atoms with Gasteiger partial charge in [0.25, 0.3) is 0 Å². The third kappa shape index (κ3) is 10.5. The third-order valence-electron chi connectivity index (χ3n) is 1.82. The summed E-state index contributed by atoms with van der Waals surface area (Å²) in [6, 6.07) is -0.120. The normalized spacial score (nSPS) is 13.5. The summed E-state index contributed by atoms with van der Waals surface area (Å²) in [5.74, 6) is 0. The van der Waals surface area contributed by atoms with E-state index in [-0.39, 0.29) is 12.3 Å². The number of nitrogens with zero attached hydrogens (tertiary/aromatic N) is 1. The van der Waals surface area contributed by atoms with Gasteiger partial charge in [-0.05, 0) is 19.5 Å². The Morgan fingerprint density at radius 3 is 2.13 bits per heavy atom. The summed E-state index contributed by atoms with van der Waals surface area (Å²) >= 11 is 0. The number of hydrogen-bond donors (Lipinski definition) is 5. The van der Waals surface area contributed by atoms with Gasteiger partial charge in [-0.15, -0.1) is 0 Å². The van der Waals surface area contributed by atoms with Crippen LogP contribution in [-0.4, -0.2) is 57.3 Å². The van der Waals surface area contributed by atoms with Gasteiger partial charge in [0.15, 0.2) is 0 Å².